The molecule has 0 aliphatic carbocycles. The van der Waals surface area contributed by atoms with Crippen LogP contribution >= 0.6 is 0 Å². The number of benzene rings is 3. The van der Waals surface area contributed by atoms with E-state index in [1.807, 2.05) is 37.3 Å². The Balaban J connectivity index is 1.50. The Morgan fingerprint density at radius 2 is 1.66 bits per heavy atom. The monoisotopic (exact) mass is 664 g/mol. The number of hydrogen-bond acceptors (Lipinski definition) is 6. The van der Waals surface area contributed by atoms with Crippen LogP contribution in [0.15, 0.2) is 77.7 Å². The van der Waals surface area contributed by atoms with E-state index in [0.29, 0.717) is 22.5 Å². The Bertz CT molecular complexity index is 1870. The van der Waals surface area contributed by atoms with Crippen molar-refractivity contribution < 1.29 is 26.4 Å². The topological polar surface area (TPSA) is 82.6 Å². The number of rotatable bonds is 8. The van der Waals surface area contributed by atoms with E-state index in [4.69, 9.17) is 4.98 Å². The molecule has 2 aliphatic rings. The summed E-state index contributed by atoms with van der Waals surface area (Å²) < 4.78 is 67.0. The Kier molecular flexibility index (Phi) is 9.42. The van der Waals surface area contributed by atoms with Crippen LogP contribution in [0.25, 0.3) is 22.2 Å². The minimum absolute atomic E-state index is 0.0288. The molecule has 7 nitrogen and oxygen atoms in total. The van der Waals surface area contributed by atoms with Crippen molar-refractivity contribution in [2.45, 2.75) is 62.3 Å². The van der Waals surface area contributed by atoms with Gasteiger partial charge >= 0.3 is 6.18 Å². The molecule has 3 aromatic carbocycles. The summed E-state index contributed by atoms with van der Waals surface area (Å²) in [6.45, 7) is 5.84. The van der Waals surface area contributed by atoms with Gasteiger partial charge in [0.1, 0.15) is 0 Å². The number of piperidine rings is 1. The van der Waals surface area contributed by atoms with Crippen LogP contribution in [0.5, 0.6) is 0 Å². The maximum Gasteiger partial charge on any atom is 0.416 e. The van der Waals surface area contributed by atoms with Gasteiger partial charge in [-0.2, -0.15) is 13.2 Å². The number of pyridine rings is 1. The molecule has 0 unspecified atom stereocenters. The van der Waals surface area contributed by atoms with Crippen LogP contribution in [0.4, 0.5) is 13.2 Å². The van der Waals surface area contributed by atoms with Crippen molar-refractivity contribution in [3.05, 3.63) is 95.1 Å². The van der Waals surface area contributed by atoms with E-state index < -0.39 is 33.5 Å². The Morgan fingerprint density at radius 3 is 2.32 bits per heavy atom. The molecule has 1 N–H and O–H groups in total. The van der Waals surface area contributed by atoms with Crippen molar-refractivity contribution in [2.75, 3.05) is 32.4 Å². The Hall–Kier alpha value is -3.80. The van der Waals surface area contributed by atoms with Crippen LogP contribution < -0.4 is 5.32 Å². The molecule has 0 saturated carbocycles. The molecule has 1 aromatic heterocycles. The van der Waals surface area contributed by atoms with Crippen LogP contribution in [0.3, 0.4) is 0 Å². The lowest BCUT2D eigenvalue weighted by molar-refractivity contribution is -0.137. The second kappa shape index (κ2) is 13.4. The molecule has 2 aliphatic heterocycles. The molecule has 2 saturated heterocycles. The molecular formula is C36H39F3N4O3S. The normalized spacial score (nSPS) is 17.6. The highest BCUT2D eigenvalue weighted by atomic mass is 32.2. The van der Waals surface area contributed by atoms with Crippen molar-refractivity contribution >= 4 is 26.6 Å². The van der Waals surface area contributed by atoms with Crippen LogP contribution in [0.2, 0.25) is 0 Å². The number of alkyl halides is 3. The third kappa shape index (κ3) is 7.37. The molecule has 1 amide bonds. The SMILES string of the molecule is C[C@H](NC(=O)c1c(CN2CCC(N3CCCC3)CC2)c(-c2cccc(C(F)(F)F)c2)nc2ccc(S(C)(=O)=O)cc12)c1ccccc1. The molecule has 3 heterocycles. The van der Waals surface area contributed by atoms with E-state index in [0.717, 1.165) is 63.0 Å². The van der Waals surface area contributed by atoms with Gasteiger partial charge < -0.3 is 10.2 Å². The van der Waals surface area contributed by atoms with Gasteiger partial charge in [0.05, 0.1) is 33.3 Å². The van der Waals surface area contributed by atoms with Gasteiger partial charge in [0.25, 0.3) is 5.91 Å². The summed E-state index contributed by atoms with van der Waals surface area (Å²) in [5.74, 6) is -0.449. The maximum atomic E-state index is 14.4. The number of carbonyl (C=O) groups is 1. The zero-order valence-corrected chi connectivity index (χ0v) is 27.4. The third-order valence-electron chi connectivity index (χ3n) is 9.42. The van der Waals surface area contributed by atoms with Crippen molar-refractivity contribution in [2.24, 2.45) is 0 Å². The fourth-order valence-electron chi connectivity index (χ4n) is 6.87. The quantitative estimate of drug-likeness (QED) is 0.221. The molecule has 6 rings (SSSR count). The van der Waals surface area contributed by atoms with E-state index in [1.165, 1.54) is 37.1 Å². The number of nitrogens with one attached hydrogen (secondary N) is 1. The van der Waals surface area contributed by atoms with Crippen LogP contribution in [-0.2, 0) is 22.6 Å². The average molecular weight is 665 g/mol. The zero-order valence-electron chi connectivity index (χ0n) is 26.6. The number of sulfone groups is 1. The van der Waals surface area contributed by atoms with Gasteiger partial charge in [-0.3, -0.25) is 9.69 Å². The van der Waals surface area contributed by atoms with E-state index in [-0.39, 0.29) is 28.3 Å². The largest absolute Gasteiger partial charge is 0.416 e. The van der Waals surface area contributed by atoms with Gasteiger partial charge in [-0.05, 0) is 94.7 Å². The molecule has 4 aromatic rings. The minimum atomic E-state index is -4.57. The maximum absolute atomic E-state index is 14.4. The summed E-state index contributed by atoms with van der Waals surface area (Å²) in [7, 11) is -3.64. The average Bonchev–Trinajstić information content (AvgIpc) is 3.59. The lowest BCUT2D eigenvalue weighted by atomic mass is 9.93. The number of hydrogen-bond donors (Lipinski definition) is 1. The fraction of sp³-hybridized carbons (Fsp3) is 0.389. The van der Waals surface area contributed by atoms with Gasteiger partial charge in [-0.25, -0.2) is 13.4 Å². The Labute approximate surface area is 273 Å². The summed E-state index contributed by atoms with van der Waals surface area (Å²) in [4.78, 5) is 24.0. The molecule has 47 heavy (non-hydrogen) atoms. The van der Waals surface area contributed by atoms with Gasteiger partial charge in [0.2, 0.25) is 0 Å². The molecule has 248 valence electrons. The highest BCUT2D eigenvalue weighted by molar-refractivity contribution is 7.90. The standard InChI is InChI=1S/C36H39F3N4O3S/c1-24(25-9-4-3-5-10-25)40-35(44)33-30-22-29(47(2,45)46)13-14-32(30)41-34(26-11-8-12-27(21-26)36(37,38)39)31(33)23-42-19-15-28(16-20-42)43-17-6-7-18-43/h3-5,8-14,21-22,24,28H,6-7,15-20,23H2,1-2H3,(H,40,44)/t24-/m0/s1. The van der Waals surface area contributed by atoms with Crippen molar-refractivity contribution in [3.8, 4) is 11.3 Å². The van der Waals surface area contributed by atoms with Gasteiger partial charge in [0.15, 0.2) is 9.84 Å². The highest BCUT2D eigenvalue weighted by Gasteiger charge is 2.33. The number of amides is 1. The lowest BCUT2D eigenvalue weighted by Gasteiger charge is -2.37. The highest BCUT2D eigenvalue weighted by Crippen LogP contribution is 2.37. The summed E-state index contributed by atoms with van der Waals surface area (Å²) in [6, 6.07) is 18.9. The van der Waals surface area contributed by atoms with E-state index in [1.54, 1.807) is 6.07 Å². The second-order valence-electron chi connectivity index (χ2n) is 12.7. The smallest absolute Gasteiger partial charge is 0.345 e. The Morgan fingerprint density at radius 1 is 0.957 bits per heavy atom. The van der Waals surface area contributed by atoms with Gasteiger partial charge in [-0.1, -0.05) is 42.5 Å². The molecule has 11 heteroatoms. The molecule has 2 fully saturated rings. The minimum Gasteiger partial charge on any atom is -0.345 e. The molecule has 0 spiro atoms. The summed E-state index contributed by atoms with van der Waals surface area (Å²) in [6.07, 6.45) is 0.841. The van der Waals surface area contributed by atoms with Crippen LogP contribution in [-0.4, -0.2) is 67.6 Å². The third-order valence-corrected chi connectivity index (χ3v) is 10.5. The van der Waals surface area contributed by atoms with E-state index >= 15 is 0 Å². The summed E-state index contributed by atoms with van der Waals surface area (Å²) >= 11 is 0. The number of fused-ring (bicyclic) bond motifs is 1. The van der Waals surface area contributed by atoms with E-state index in [9.17, 15) is 26.4 Å². The zero-order chi connectivity index (χ0) is 33.3. The summed E-state index contributed by atoms with van der Waals surface area (Å²) in [5.41, 5.74) is 1.58. The van der Waals surface area contributed by atoms with Gasteiger partial charge in [0, 0.05) is 35.4 Å². The van der Waals surface area contributed by atoms with Crippen LogP contribution in [0, 0.1) is 0 Å². The number of carbonyl (C=O) groups excluding carboxylic acids is 1. The predicted molar refractivity (Wildman–Crippen MR) is 177 cm³/mol. The molecule has 0 radical (unpaired) electrons. The van der Waals surface area contributed by atoms with E-state index in [2.05, 4.69) is 15.1 Å². The van der Waals surface area contributed by atoms with Crippen molar-refractivity contribution in [1.82, 2.24) is 20.1 Å². The number of halogens is 3. The second-order valence-corrected chi connectivity index (χ2v) is 14.7. The number of likely N-dealkylation sites (tertiary alicyclic amines) is 2. The first-order chi connectivity index (χ1) is 22.4. The van der Waals surface area contributed by atoms with Crippen molar-refractivity contribution in [3.63, 3.8) is 0 Å². The van der Waals surface area contributed by atoms with Crippen molar-refractivity contribution in [1.29, 1.82) is 0 Å². The summed E-state index contributed by atoms with van der Waals surface area (Å²) in [5, 5.41) is 3.41. The fourth-order valence-corrected chi connectivity index (χ4v) is 7.52. The predicted octanol–water partition coefficient (Wildman–Crippen LogP) is 6.88. The first-order valence-corrected chi connectivity index (χ1v) is 17.9. The van der Waals surface area contributed by atoms with Crippen LogP contribution in [0.1, 0.15) is 65.7 Å². The first-order valence-electron chi connectivity index (χ1n) is 16.0. The number of aromatic nitrogens is 1. The lowest BCUT2D eigenvalue weighted by Crippen LogP contribution is -2.43. The first kappa shape index (κ1) is 33.1. The molecule has 1 atom stereocenters. The molecule has 0 bridgehead atoms. The molecular weight excluding hydrogens is 625 g/mol. The van der Waals surface area contributed by atoms with Gasteiger partial charge in [-0.15, -0.1) is 0 Å². The number of nitrogens with zero attached hydrogens (tertiary/aromatic N) is 3.